The first-order valence-electron chi connectivity index (χ1n) is 6.00. The second-order valence-corrected chi connectivity index (χ2v) is 5.43. The summed E-state index contributed by atoms with van der Waals surface area (Å²) >= 11 is 11.6. The SMILES string of the molecule is CN1CCN(n2c(=S)[nH]c3c(Cl)cccc32)CC1. The van der Waals surface area contributed by atoms with Crippen molar-refractivity contribution in [2.45, 2.75) is 0 Å². The summed E-state index contributed by atoms with van der Waals surface area (Å²) in [7, 11) is 2.14. The summed E-state index contributed by atoms with van der Waals surface area (Å²) in [6.45, 7) is 4.05. The average molecular weight is 283 g/mol. The minimum Gasteiger partial charge on any atom is -0.328 e. The van der Waals surface area contributed by atoms with E-state index in [0.717, 1.165) is 37.2 Å². The van der Waals surface area contributed by atoms with E-state index in [9.17, 15) is 0 Å². The van der Waals surface area contributed by atoms with E-state index in [1.807, 2.05) is 18.2 Å². The van der Waals surface area contributed by atoms with Crippen LogP contribution >= 0.6 is 23.8 Å². The maximum Gasteiger partial charge on any atom is 0.197 e. The van der Waals surface area contributed by atoms with Crippen molar-refractivity contribution in [2.24, 2.45) is 0 Å². The molecule has 18 heavy (non-hydrogen) atoms. The van der Waals surface area contributed by atoms with Crippen LogP contribution < -0.4 is 5.01 Å². The molecule has 0 amide bonds. The van der Waals surface area contributed by atoms with Gasteiger partial charge in [-0.1, -0.05) is 17.7 Å². The minimum atomic E-state index is 0.711. The van der Waals surface area contributed by atoms with Crippen molar-refractivity contribution in [1.82, 2.24) is 14.6 Å². The number of piperazine rings is 1. The Balaban J connectivity index is 2.09. The van der Waals surface area contributed by atoms with Gasteiger partial charge in [0.15, 0.2) is 4.77 Å². The number of H-pyrrole nitrogens is 1. The van der Waals surface area contributed by atoms with Crippen LogP contribution in [0.5, 0.6) is 0 Å². The van der Waals surface area contributed by atoms with E-state index >= 15 is 0 Å². The highest BCUT2D eigenvalue weighted by atomic mass is 35.5. The lowest BCUT2D eigenvalue weighted by Gasteiger charge is -2.34. The third-order valence-corrected chi connectivity index (χ3v) is 4.00. The molecule has 1 aromatic carbocycles. The Morgan fingerprint density at radius 1 is 1.22 bits per heavy atom. The molecule has 0 saturated carbocycles. The molecule has 0 unspecified atom stereocenters. The van der Waals surface area contributed by atoms with Crippen LogP contribution in [-0.4, -0.2) is 47.8 Å². The first kappa shape index (κ1) is 12.0. The molecule has 0 spiro atoms. The van der Waals surface area contributed by atoms with Crippen LogP contribution in [0.2, 0.25) is 5.02 Å². The van der Waals surface area contributed by atoms with Crippen molar-refractivity contribution in [3.8, 4) is 0 Å². The molecule has 1 N–H and O–H groups in total. The Hall–Kier alpha value is -1.04. The van der Waals surface area contributed by atoms with Gasteiger partial charge in [-0.3, -0.25) is 0 Å². The van der Waals surface area contributed by atoms with Crippen molar-refractivity contribution in [1.29, 1.82) is 0 Å². The molecular weight excluding hydrogens is 268 g/mol. The molecule has 0 aliphatic carbocycles. The van der Waals surface area contributed by atoms with Gasteiger partial charge >= 0.3 is 0 Å². The van der Waals surface area contributed by atoms with E-state index in [1.54, 1.807) is 0 Å². The molecule has 1 fully saturated rings. The lowest BCUT2D eigenvalue weighted by molar-refractivity contribution is 0.288. The number of fused-ring (bicyclic) bond motifs is 1. The molecule has 1 aliphatic rings. The molecule has 2 aromatic rings. The second-order valence-electron chi connectivity index (χ2n) is 4.63. The minimum absolute atomic E-state index is 0.711. The van der Waals surface area contributed by atoms with Gasteiger partial charge in [-0.15, -0.1) is 0 Å². The predicted octanol–water partition coefficient (Wildman–Crippen LogP) is 2.24. The Morgan fingerprint density at radius 3 is 2.67 bits per heavy atom. The lowest BCUT2D eigenvalue weighted by atomic mass is 10.3. The third-order valence-electron chi connectivity index (χ3n) is 3.41. The molecule has 1 aliphatic heterocycles. The zero-order chi connectivity index (χ0) is 12.7. The largest absolute Gasteiger partial charge is 0.328 e. The Labute approximate surface area is 116 Å². The van der Waals surface area contributed by atoms with E-state index in [2.05, 4.69) is 26.6 Å². The summed E-state index contributed by atoms with van der Waals surface area (Å²) in [5, 5.41) is 2.99. The lowest BCUT2D eigenvalue weighted by Crippen LogP contribution is -2.49. The normalized spacial score (nSPS) is 17.6. The number of aromatic amines is 1. The van der Waals surface area contributed by atoms with E-state index in [1.165, 1.54) is 0 Å². The summed E-state index contributed by atoms with van der Waals surface area (Å²) in [4.78, 5) is 5.52. The van der Waals surface area contributed by atoms with Crippen molar-refractivity contribution >= 4 is 34.9 Å². The molecular formula is C12H15ClN4S. The predicted molar refractivity (Wildman–Crippen MR) is 77.6 cm³/mol. The summed E-state index contributed by atoms with van der Waals surface area (Å²) in [6, 6.07) is 5.88. The zero-order valence-corrected chi connectivity index (χ0v) is 11.8. The topological polar surface area (TPSA) is 27.2 Å². The number of benzene rings is 1. The van der Waals surface area contributed by atoms with Gasteiger partial charge in [0.2, 0.25) is 0 Å². The van der Waals surface area contributed by atoms with Crippen molar-refractivity contribution in [3.05, 3.63) is 28.0 Å². The van der Waals surface area contributed by atoms with Crippen LogP contribution in [0.3, 0.4) is 0 Å². The van der Waals surface area contributed by atoms with Crippen LogP contribution in [0.4, 0.5) is 0 Å². The Morgan fingerprint density at radius 2 is 1.94 bits per heavy atom. The molecule has 1 aromatic heterocycles. The number of nitrogens with zero attached hydrogens (tertiary/aromatic N) is 3. The van der Waals surface area contributed by atoms with Gasteiger partial charge in [-0.25, -0.2) is 4.68 Å². The van der Waals surface area contributed by atoms with Crippen LogP contribution in [0.1, 0.15) is 0 Å². The zero-order valence-electron chi connectivity index (χ0n) is 10.2. The van der Waals surface area contributed by atoms with Gasteiger partial charge in [0, 0.05) is 26.2 Å². The molecule has 2 heterocycles. The highest BCUT2D eigenvalue weighted by Crippen LogP contribution is 2.23. The summed E-state index contributed by atoms with van der Waals surface area (Å²) in [5.41, 5.74) is 1.97. The van der Waals surface area contributed by atoms with Crippen LogP contribution in [0, 0.1) is 4.77 Å². The Kier molecular flexibility index (Phi) is 3.05. The second kappa shape index (κ2) is 4.57. The summed E-state index contributed by atoms with van der Waals surface area (Å²) in [6.07, 6.45) is 0. The van der Waals surface area contributed by atoms with E-state index in [4.69, 9.17) is 23.8 Å². The summed E-state index contributed by atoms with van der Waals surface area (Å²) in [5.74, 6) is 0. The fraction of sp³-hybridized carbons (Fsp3) is 0.417. The number of hydrogen-bond acceptors (Lipinski definition) is 3. The number of imidazole rings is 1. The maximum absolute atomic E-state index is 6.19. The molecule has 0 atom stereocenters. The molecule has 4 nitrogen and oxygen atoms in total. The highest BCUT2D eigenvalue weighted by molar-refractivity contribution is 7.71. The summed E-state index contributed by atoms with van der Waals surface area (Å²) < 4.78 is 2.78. The van der Waals surface area contributed by atoms with E-state index < -0.39 is 0 Å². The number of aromatic nitrogens is 2. The van der Waals surface area contributed by atoms with Gasteiger partial charge in [-0.05, 0) is 31.4 Å². The number of para-hydroxylation sites is 1. The van der Waals surface area contributed by atoms with Gasteiger partial charge in [0.25, 0.3) is 0 Å². The standard InChI is InChI=1S/C12H15ClN4S/c1-15-5-7-16(8-6-15)17-10-4-2-3-9(13)11(10)14-12(17)18/h2-4H,5-8H2,1H3,(H,14,18). The van der Waals surface area contributed by atoms with Gasteiger partial charge in [-0.2, -0.15) is 0 Å². The fourth-order valence-corrected chi connectivity index (χ4v) is 2.89. The number of likely N-dealkylation sites (N-methyl/N-ethyl adjacent to an activating group) is 1. The number of hydrogen-bond donors (Lipinski definition) is 1. The van der Waals surface area contributed by atoms with Crippen molar-refractivity contribution in [3.63, 3.8) is 0 Å². The van der Waals surface area contributed by atoms with Crippen LogP contribution in [0.25, 0.3) is 11.0 Å². The van der Waals surface area contributed by atoms with E-state index in [0.29, 0.717) is 9.79 Å². The maximum atomic E-state index is 6.19. The van der Waals surface area contributed by atoms with Gasteiger partial charge in [0.05, 0.1) is 16.1 Å². The number of rotatable bonds is 1. The van der Waals surface area contributed by atoms with E-state index in [-0.39, 0.29) is 0 Å². The molecule has 0 bridgehead atoms. The van der Waals surface area contributed by atoms with Crippen molar-refractivity contribution < 1.29 is 0 Å². The highest BCUT2D eigenvalue weighted by Gasteiger charge is 2.17. The van der Waals surface area contributed by atoms with Crippen LogP contribution in [-0.2, 0) is 0 Å². The van der Waals surface area contributed by atoms with Gasteiger partial charge in [0.1, 0.15) is 0 Å². The molecule has 6 heteroatoms. The number of halogens is 1. The van der Waals surface area contributed by atoms with Crippen LogP contribution in [0.15, 0.2) is 18.2 Å². The first-order valence-corrected chi connectivity index (χ1v) is 6.78. The third kappa shape index (κ3) is 1.92. The smallest absolute Gasteiger partial charge is 0.197 e. The quantitative estimate of drug-likeness (QED) is 0.813. The first-order chi connectivity index (χ1) is 8.66. The fourth-order valence-electron chi connectivity index (χ4n) is 2.36. The van der Waals surface area contributed by atoms with Gasteiger partial charge < -0.3 is 14.9 Å². The molecule has 96 valence electrons. The molecule has 1 saturated heterocycles. The number of nitrogens with one attached hydrogen (secondary N) is 1. The Bertz CT molecular complexity index is 625. The monoisotopic (exact) mass is 282 g/mol. The average Bonchev–Trinajstić information content (AvgIpc) is 2.69. The van der Waals surface area contributed by atoms with Crippen molar-refractivity contribution in [2.75, 3.05) is 38.2 Å². The molecule has 3 rings (SSSR count). The molecule has 0 radical (unpaired) electrons.